The van der Waals surface area contributed by atoms with Crippen molar-refractivity contribution < 1.29 is 89.4 Å². The molecule has 0 aromatic heterocycles. The summed E-state index contributed by atoms with van der Waals surface area (Å²) in [5.74, 6) is -0.300. The predicted octanol–water partition coefficient (Wildman–Crippen LogP) is 6.43. The number of ether oxygens (including phenoxy) is 6. The van der Waals surface area contributed by atoms with Gasteiger partial charge < -0.3 is 89.9 Å². The molecule has 82 heavy (non-hydrogen) atoms. The highest BCUT2D eigenvalue weighted by molar-refractivity contribution is 5.76. The molecule has 0 radical (unpaired) electrons. The zero-order valence-corrected chi connectivity index (χ0v) is 49.7. The van der Waals surface area contributed by atoms with Crippen molar-refractivity contribution in [1.29, 1.82) is 0 Å². The fraction of sp³-hybridized carbons (Fsp3) is 0.825. The first-order chi connectivity index (χ1) is 39.8. The molecular weight excluding hydrogens is 1060 g/mol. The Kier molecular flexibility index (Phi) is 41.2. The maximum Gasteiger partial charge on any atom is 0.220 e. The SMILES string of the molecule is CC/C=C\C/C=C\C/C=C\C/C=C\CCCCCCC(=O)NC(COC1OC(CO)C(OC2OC(CO)C(OC3OC(CO)C(O)C(O)C3O)C(O)C2O)C(O)C1O)C(O)/C=C/CCCCCCCCCCCCCCCCCCCC. The molecule has 476 valence electrons. The van der Waals surface area contributed by atoms with Gasteiger partial charge in [-0.25, -0.2) is 0 Å². The van der Waals surface area contributed by atoms with E-state index in [4.69, 9.17) is 28.4 Å². The summed E-state index contributed by atoms with van der Waals surface area (Å²) in [6.07, 6.45) is 26.2. The van der Waals surface area contributed by atoms with Crippen molar-refractivity contribution in [3.05, 3.63) is 60.8 Å². The van der Waals surface area contributed by atoms with Crippen molar-refractivity contribution in [2.24, 2.45) is 0 Å². The average Bonchev–Trinajstić information content (AvgIpc) is 3.39. The number of rotatable bonds is 46. The molecule has 0 spiro atoms. The molecular formula is C63H111NO18. The summed E-state index contributed by atoms with van der Waals surface area (Å²) in [6.45, 7) is 1.59. The Hall–Kier alpha value is -2.51. The van der Waals surface area contributed by atoms with Crippen LogP contribution in [0.25, 0.3) is 0 Å². The second-order valence-electron chi connectivity index (χ2n) is 22.5. The molecule has 17 unspecified atom stereocenters. The molecule has 3 aliphatic heterocycles. The lowest BCUT2D eigenvalue weighted by molar-refractivity contribution is -0.379. The van der Waals surface area contributed by atoms with E-state index in [1.54, 1.807) is 6.08 Å². The molecule has 3 fully saturated rings. The number of aliphatic hydroxyl groups is 11. The summed E-state index contributed by atoms with van der Waals surface area (Å²) in [5.41, 5.74) is 0. The van der Waals surface area contributed by atoms with Gasteiger partial charge in [-0.3, -0.25) is 4.79 Å². The van der Waals surface area contributed by atoms with Crippen molar-refractivity contribution in [2.45, 2.75) is 304 Å². The van der Waals surface area contributed by atoms with Crippen LogP contribution in [0.15, 0.2) is 60.8 Å². The normalized spacial score (nSPS) is 30.0. The molecule has 3 saturated heterocycles. The molecule has 3 heterocycles. The van der Waals surface area contributed by atoms with Gasteiger partial charge >= 0.3 is 0 Å². The number of nitrogens with one attached hydrogen (secondary N) is 1. The van der Waals surface area contributed by atoms with Gasteiger partial charge in [0.2, 0.25) is 5.91 Å². The molecule has 1 amide bonds. The highest BCUT2D eigenvalue weighted by Crippen LogP contribution is 2.33. The van der Waals surface area contributed by atoms with Crippen molar-refractivity contribution in [3.63, 3.8) is 0 Å². The highest BCUT2D eigenvalue weighted by atomic mass is 16.8. The highest BCUT2D eigenvalue weighted by Gasteiger charge is 2.53. The van der Waals surface area contributed by atoms with E-state index in [9.17, 15) is 61.0 Å². The van der Waals surface area contributed by atoms with E-state index in [2.05, 4.69) is 67.8 Å². The third kappa shape index (κ3) is 28.8. The fourth-order valence-corrected chi connectivity index (χ4v) is 10.4. The topological polar surface area (TPSA) is 307 Å². The van der Waals surface area contributed by atoms with E-state index < -0.39 is 124 Å². The van der Waals surface area contributed by atoms with Crippen LogP contribution in [-0.2, 0) is 33.2 Å². The van der Waals surface area contributed by atoms with Gasteiger partial charge in [0, 0.05) is 6.42 Å². The molecule has 0 aliphatic carbocycles. The molecule has 0 aromatic carbocycles. The number of aliphatic hydroxyl groups excluding tert-OH is 11. The minimum absolute atomic E-state index is 0.213. The van der Waals surface area contributed by atoms with E-state index in [1.165, 1.54) is 96.3 Å². The molecule has 19 nitrogen and oxygen atoms in total. The first-order valence-corrected chi connectivity index (χ1v) is 31.5. The number of hydrogen-bond acceptors (Lipinski definition) is 18. The summed E-state index contributed by atoms with van der Waals surface area (Å²) < 4.78 is 34.3. The van der Waals surface area contributed by atoms with Gasteiger partial charge in [0.25, 0.3) is 0 Å². The van der Waals surface area contributed by atoms with Crippen LogP contribution in [0.4, 0.5) is 0 Å². The monoisotopic (exact) mass is 1170 g/mol. The van der Waals surface area contributed by atoms with Crippen LogP contribution in [-0.4, -0.2) is 193 Å². The van der Waals surface area contributed by atoms with Gasteiger partial charge in [-0.1, -0.05) is 197 Å². The van der Waals surface area contributed by atoms with Crippen molar-refractivity contribution in [2.75, 3.05) is 26.4 Å². The third-order valence-electron chi connectivity index (χ3n) is 15.6. The smallest absolute Gasteiger partial charge is 0.220 e. The number of amides is 1. The van der Waals surface area contributed by atoms with E-state index in [0.717, 1.165) is 77.0 Å². The Morgan fingerprint density at radius 2 is 0.841 bits per heavy atom. The predicted molar refractivity (Wildman–Crippen MR) is 314 cm³/mol. The van der Waals surface area contributed by atoms with Gasteiger partial charge in [-0.05, 0) is 57.8 Å². The minimum atomic E-state index is -1.98. The Bertz CT molecular complexity index is 1730. The van der Waals surface area contributed by atoms with Crippen LogP contribution in [0.2, 0.25) is 0 Å². The van der Waals surface area contributed by atoms with Crippen LogP contribution >= 0.6 is 0 Å². The van der Waals surface area contributed by atoms with Crippen LogP contribution in [0.1, 0.15) is 200 Å². The van der Waals surface area contributed by atoms with Crippen LogP contribution in [0.5, 0.6) is 0 Å². The quantitative estimate of drug-likeness (QED) is 0.0231. The Labute approximate surface area is 490 Å². The standard InChI is InChI=1S/C63H111NO18/c1-3-5-7-9-11-13-15-17-19-21-22-23-25-26-28-30-32-34-36-38-40-47(68)46(64-51(69)41-39-37-35-33-31-29-27-24-20-18-16-14-12-10-8-6-4-2)45-77-61-57(75)54(72)59(49(43-66)79-61)82-63-58(76)55(73)60(50(44-67)80-63)81-62-56(74)53(71)52(70)48(42-65)78-62/h6,8,12,14,18,20,27,29,38,40,46-50,52-63,65-68,70-76H,3-5,7,9-11,13,15-17,19,21-26,28,30-37,39,41-45H2,1-2H3,(H,64,69)/b8-6-,14-12-,20-18-,29-27-,40-38+. The average molecular weight is 1170 g/mol. The Morgan fingerprint density at radius 3 is 1.32 bits per heavy atom. The number of allylic oxidation sites excluding steroid dienone is 9. The molecule has 0 saturated carbocycles. The molecule has 17 atom stereocenters. The summed E-state index contributed by atoms with van der Waals surface area (Å²) in [5, 5.41) is 120. The zero-order chi connectivity index (χ0) is 59.7. The molecule has 0 bridgehead atoms. The summed E-state index contributed by atoms with van der Waals surface area (Å²) in [7, 11) is 0. The van der Waals surface area contributed by atoms with E-state index in [-0.39, 0.29) is 18.9 Å². The summed E-state index contributed by atoms with van der Waals surface area (Å²) in [4.78, 5) is 13.3. The largest absolute Gasteiger partial charge is 0.394 e. The van der Waals surface area contributed by atoms with Gasteiger partial charge in [0.1, 0.15) is 73.2 Å². The van der Waals surface area contributed by atoms with Crippen molar-refractivity contribution in [3.8, 4) is 0 Å². The van der Waals surface area contributed by atoms with E-state index in [1.807, 2.05) is 6.08 Å². The van der Waals surface area contributed by atoms with E-state index >= 15 is 0 Å². The first kappa shape index (κ1) is 73.7. The lowest BCUT2D eigenvalue weighted by atomic mass is 9.96. The first-order valence-electron chi connectivity index (χ1n) is 31.5. The maximum absolute atomic E-state index is 13.3. The second-order valence-corrected chi connectivity index (χ2v) is 22.5. The second kappa shape index (κ2) is 45.8. The van der Waals surface area contributed by atoms with Crippen LogP contribution < -0.4 is 5.32 Å². The fourth-order valence-electron chi connectivity index (χ4n) is 10.4. The molecule has 19 heteroatoms. The van der Waals surface area contributed by atoms with Gasteiger partial charge in [-0.2, -0.15) is 0 Å². The van der Waals surface area contributed by atoms with Crippen LogP contribution in [0, 0.1) is 0 Å². The maximum atomic E-state index is 13.3. The van der Waals surface area contributed by atoms with Gasteiger partial charge in [0.05, 0.1) is 38.6 Å². The third-order valence-corrected chi connectivity index (χ3v) is 15.6. The van der Waals surface area contributed by atoms with E-state index in [0.29, 0.717) is 6.42 Å². The van der Waals surface area contributed by atoms with Crippen molar-refractivity contribution in [1.82, 2.24) is 5.32 Å². The number of hydrogen-bond donors (Lipinski definition) is 12. The summed E-state index contributed by atoms with van der Waals surface area (Å²) >= 11 is 0. The summed E-state index contributed by atoms with van der Waals surface area (Å²) in [6, 6.07) is -0.988. The van der Waals surface area contributed by atoms with Crippen molar-refractivity contribution >= 4 is 5.91 Å². The minimum Gasteiger partial charge on any atom is -0.394 e. The van der Waals surface area contributed by atoms with Gasteiger partial charge in [-0.15, -0.1) is 0 Å². The number of carbonyl (C=O) groups excluding carboxylic acids is 1. The molecule has 3 rings (SSSR count). The zero-order valence-electron chi connectivity index (χ0n) is 49.7. The number of unbranched alkanes of at least 4 members (excludes halogenated alkanes) is 22. The lowest BCUT2D eigenvalue weighted by Crippen LogP contribution is -2.66. The molecule has 3 aliphatic rings. The molecule has 0 aromatic rings. The molecule has 12 N–H and O–H groups in total. The Balaban J connectivity index is 1.50. The van der Waals surface area contributed by atoms with Crippen LogP contribution in [0.3, 0.4) is 0 Å². The lowest BCUT2D eigenvalue weighted by Gasteiger charge is -2.48. The van der Waals surface area contributed by atoms with Gasteiger partial charge in [0.15, 0.2) is 18.9 Å². The number of carbonyl (C=O) groups is 1. The Morgan fingerprint density at radius 1 is 0.451 bits per heavy atom.